The van der Waals surface area contributed by atoms with Gasteiger partial charge in [-0.2, -0.15) is 0 Å². The quantitative estimate of drug-likeness (QED) is 0.590. The van der Waals surface area contributed by atoms with Gasteiger partial charge in [0.25, 0.3) is 5.69 Å². The summed E-state index contributed by atoms with van der Waals surface area (Å²) in [7, 11) is 0. The number of hydrogen-bond donors (Lipinski definition) is 0. The second-order valence-electron chi connectivity index (χ2n) is 5.08. The van der Waals surface area contributed by atoms with Crippen LogP contribution < -0.4 is 0 Å². The molecule has 1 unspecified atom stereocenters. The van der Waals surface area contributed by atoms with Gasteiger partial charge in [-0.25, -0.2) is 0 Å². The van der Waals surface area contributed by atoms with E-state index in [1.165, 1.54) is 11.6 Å². The van der Waals surface area contributed by atoms with Crippen LogP contribution in [0.4, 0.5) is 5.69 Å². The molecule has 0 spiro atoms. The van der Waals surface area contributed by atoms with Gasteiger partial charge in [-0.3, -0.25) is 15.0 Å². The number of hydrogen-bond acceptors (Lipinski definition) is 3. The van der Waals surface area contributed by atoms with Crippen molar-refractivity contribution in [1.29, 1.82) is 0 Å². The molecular formula is C17H20N2O2. The number of benzene rings is 2. The molecule has 21 heavy (non-hydrogen) atoms. The van der Waals surface area contributed by atoms with Gasteiger partial charge in [-0.15, -0.1) is 0 Å². The summed E-state index contributed by atoms with van der Waals surface area (Å²) < 4.78 is 0. The molecule has 0 saturated carbocycles. The van der Waals surface area contributed by atoms with Crippen molar-refractivity contribution >= 4 is 5.69 Å². The summed E-state index contributed by atoms with van der Waals surface area (Å²) in [4.78, 5) is 12.9. The van der Waals surface area contributed by atoms with E-state index in [2.05, 4.69) is 30.9 Å². The van der Waals surface area contributed by atoms with E-state index in [0.29, 0.717) is 0 Å². The first-order valence-corrected chi connectivity index (χ1v) is 7.14. The van der Waals surface area contributed by atoms with E-state index in [0.717, 1.165) is 18.7 Å². The van der Waals surface area contributed by atoms with Crippen LogP contribution in [0.2, 0.25) is 0 Å². The Hall–Kier alpha value is -2.20. The summed E-state index contributed by atoms with van der Waals surface area (Å²) in [6, 6.07) is 17.3. The Bertz CT molecular complexity index is 599. The number of nitro groups is 1. The first-order valence-electron chi connectivity index (χ1n) is 7.14. The standard InChI is InChI=1S/C17H20N2O2/c1-3-18(13-15-8-5-4-6-9-15)14(2)16-10-7-11-17(12-16)19(20)21/h4-12,14H,3,13H2,1-2H3. The van der Waals surface area contributed by atoms with E-state index in [4.69, 9.17) is 0 Å². The minimum absolute atomic E-state index is 0.134. The fourth-order valence-corrected chi connectivity index (χ4v) is 2.45. The van der Waals surface area contributed by atoms with Crippen molar-refractivity contribution in [3.05, 3.63) is 75.8 Å². The maximum atomic E-state index is 10.9. The van der Waals surface area contributed by atoms with Crippen LogP contribution in [0.1, 0.15) is 31.0 Å². The highest BCUT2D eigenvalue weighted by atomic mass is 16.6. The third-order valence-electron chi connectivity index (χ3n) is 3.75. The minimum atomic E-state index is -0.344. The first kappa shape index (κ1) is 15.2. The van der Waals surface area contributed by atoms with Gasteiger partial charge in [-0.05, 0) is 24.6 Å². The molecule has 2 aromatic carbocycles. The molecule has 2 aromatic rings. The van der Waals surface area contributed by atoms with Gasteiger partial charge in [0, 0.05) is 24.7 Å². The Kier molecular flexibility index (Phi) is 5.06. The largest absolute Gasteiger partial charge is 0.293 e. The van der Waals surface area contributed by atoms with E-state index >= 15 is 0 Å². The van der Waals surface area contributed by atoms with Crippen LogP contribution >= 0.6 is 0 Å². The molecule has 0 saturated heterocycles. The Morgan fingerprint density at radius 1 is 1.14 bits per heavy atom. The van der Waals surface area contributed by atoms with Gasteiger partial charge >= 0.3 is 0 Å². The Morgan fingerprint density at radius 3 is 2.48 bits per heavy atom. The average Bonchev–Trinajstić information content (AvgIpc) is 2.53. The number of non-ortho nitro benzene ring substituents is 1. The lowest BCUT2D eigenvalue weighted by Gasteiger charge is -2.28. The fraction of sp³-hybridized carbons (Fsp3) is 0.294. The molecule has 0 N–H and O–H groups in total. The normalized spacial score (nSPS) is 12.3. The van der Waals surface area contributed by atoms with Crippen LogP contribution in [0.3, 0.4) is 0 Å². The lowest BCUT2D eigenvalue weighted by atomic mass is 10.1. The molecule has 1 atom stereocenters. The van der Waals surface area contributed by atoms with Crippen molar-refractivity contribution in [3.63, 3.8) is 0 Å². The zero-order valence-corrected chi connectivity index (χ0v) is 12.4. The Balaban J connectivity index is 2.18. The average molecular weight is 284 g/mol. The molecule has 0 bridgehead atoms. The van der Waals surface area contributed by atoms with E-state index in [9.17, 15) is 10.1 Å². The molecule has 0 aliphatic rings. The molecule has 0 radical (unpaired) electrons. The Labute approximate surface area is 125 Å². The van der Waals surface area contributed by atoms with Gasteiger partial charge in [0.1, 0.15) is 0 Å². The first-order chi connectivity index (χ1) is 10.1. The number of nitro benzene ring substituents is 1. The predicted molar refractivity (Wildman–Crippen MR) is 84.0 cm³/mol. The van der Waals surface area contributed by atoms with Crippen LogP contribution in [-0.2, 0) is 6.54 Å². The highest BCUT2D eigenvalue weighted by Crippen LogP contribution is 2.25. The van der Waals surface area contributed by atoms with Crippen LogP contribution in [0.25, 0.3) is 0 Å². The predicted octanol–water partition coefficient (Wildman–Crippen LogP) is 4.18. The zero-order chi connectivity index (χ0) is 15.2. The molecule has 4 heteroatoms. The zero-order valence-electron chi connectivity index (χ0n) is 12.4. The summed E-state index contributed by atoms with van der Waals surface area (Å²) >= 11 is 0. The van der Waals surface area contributed by atoms with Gasteiger partial charge in [0.2, 0.25) is 0 Å². The summed E-state index contributed by atoms with van der Waals surface area (Å²) in [5, 5.41) is 10.9. The number of nitrogens with zero attached hydrogens (tertiary/aromatic N) is 2. The molecule has 0 aliphatic carbocycles. The lowest BCUT2D eigenvalue weighted by molar-refractivity contribution is -0.384. The molecule has 0 amide bonds. The minimum Gasteiger partial charge on any atom is -0.293 e. The molecule has 0 fully saturated rings. The molecule has 0 heterocycles. The van der Waals surface area contributed by atoms with Crippen LogP contribution in [0.15, 0.2) is 54.6 Å². The summed E-state index contributed by atoms with van der Waals surface area (Å²) in [6.45, 7) is 5.92. The van der Waals surface area contributed by atoms with E-state index in [1.807, 2.05) is 24.3 Å². The summed E-state index contributed by atoms with van der Waals surface area (Å²) in [6.07, 6.45) is 0. The van der Waals surface area contributed by atoms with Crippen molar-refractivity contribution in [1.82, 2.24) is 4.90 Å². The molecule has 4 nitrogen and oxygen atoms in total. The maximum Gasteiger partial charge on any atom is 0.269 e. The molecule has 0 aromatic heterocycles. The van der Waals surface area contributed by atoms with Gasteiger partial charge < -0.3 is 0 Å². The summed E-state index contributed by atoms with van der Waals surface area (Å²) in [5.74, 6) is 0. The van der Waals surface area contributed by atoms with Crippen molar-refractivity contribution in [2.75, 3.05) is 6.54 Å². The third kappa shape index (κ3) is 3.89. The molecule has 2 rings (SSSR count). The van der Waals surface area contributed by atoms with E-state index in [1.54, 1.807) is 12.1 Å². The fourth-order valence-electron chi connectivity index (χ4n) is 2.45. The lowest BCUT2D eigenvalue weighted by Crippen LogP contribution is -2.26. The maximum absolute atomic E-state index is 10.9. The van der Waals surface area contributed by atoms with Crippen LogP contribution in [0, 0.1) is 10.1 Å². The monoisotopic (exact) mass is 284 g/mol. The molecule has 0 aliphatic heterocycles. The van der Waals surface area contributed by atoms with Crippen molar-refractivity contribution in [2.24, 2.45) is 0 Å². The van der Waals surface area contributed by atoms with Gasteiger partial charge in [-0.1, -0.05) is 49.4 Å². The third-order valence-corrected chi connectivity index (χ3v) is 3.75. The second-order valence-corrected chi connectivity index (χ2v) is 5.08. The SMILES string of the molecule is CCN(Cc1ccccc1)C(C)c1cccc([N+](=O)[O-])c1. The molecular weight excluding hydrogens is 264 g/mol. The second kappa shape index (κ2) is 6.99. The van der Waals surface area contributed by atoms with Crippen LogP contribution in [-0.4, -0.2) is 16.4 Å². The van der Waals surface area contributed by atoms with Crippen LogP contribution in [0.5, 0.6) is 0 Å². The molecule has 110 valence electrons. The van der Waals surface area contributed by atoms with Gasteiger partial charge in [0.15, 0.2) is 0 Å². The van der Waals surface area contributed by atoms with E-state index in [-0.39, 0.29) is 16.7 Å². The Morgan fingerprint density at radius 2 is 1.86 bits per heavy atom. The van der Waals surface area contributed by atoms with Gasteiger partial charge in [0.05, 0.1) is 4.92 Å². The van der Waals surface area contributed by atoms with Crippen molar-refractivity contribution in [3.8, 4) is 0 Å². The highest BCUT2D eigenvalue weighted by Gasteiger charge is 2.16. The highest BCUT2D eigenvalue weighted by molar-refractivity contribution is 5.35. The topological polar surface area (TPSA) is 46.4 Å². The van der Waals surface area contributed by atoms with E-state index < -0.39 is 0 Å². The summed E-state index contributed by atoms with van der Waals surface area (Å²) in [5.41, 5.74) is 2.37. The number of rotatable bonds is 6. The smallest absolute Gasteiger partial charge is 0.269 e. The van der Waals surface area contributed by atoms with Crippen molar-refractivity contribution in [2.45, 2.75) is 26.4 Å². The van der Waals surface area contributed by atoms with Crippen molar-refractivity contribution < 1.29 is 4.92 Å².